The van der Waals surface area contributed by atoms with Gasteiger partial charge in [0.05, 0.1) is 0 Å². The van der Waals surface area contributed by atoms with Crippen molar-refractivity contribution in [3.05, 3.63) is 35.6 Å². The highest BCUT2D eigenvalue weighted by molar-refractivity contribution is 5.69. The molecule has 1 rings (SSSR count). The van der Waals surface area contributed by atoms with E-state index in [2.05, 4.69) is 0 Å². The number of aliphatic hydroxyl groups is 1. The number of hydrogen-bond donors (Lipinski definition) is 1. The van der Waals surface area contributed by atoms with Crippen molar-refractivity contribution >= 4 is 5.97 Å². The van der Waals surface area contributed by atoms with E-state index in [0.717, 1.165) is 12.8 Å². The minimum atomic E-state index is -1.14. The Labute approximate surface area is 107 Å². The summed E-state index contributed by atoms with van der Waals surface area (Å²) in [5, 5.41) is 9.93. The van der Waals surface area contributed by atoms with Crippen LogP contribution < -0.4 is 0 Å². The van der Waals surface area contributed by atoms with Gasteiger partial charge >= 0.3 is 5.97 Å². The van der Waals surface area contributed by atoms with E-state index in [1.807, 2.05) is 6.92 Å². The van der Waals surface area contributed by atoms with Crippen LogP contribution in [0.3, 0.4) is 0 Å². The molecule has 0 spiro atoms. The Hall–Kier alpha value is -1.42. The van der Waals surface area contributed by atoms with Crippen molar-refractivity contribution in [1.29, 1.82) is 0 Å². The number of ether oxygens (including phenoxy) is 1. The first-order chi connectivity index (χ1) is 8.56. The molecule has 100 valence electrons. The first-order valence-electron chi connectivity index (χ1n) is 6.18. The van der Waals surface area contributed by atoms with Crippen molar-refractivity contribution in [1.82, 2.24) is 0 Å². The number of halogens is 1. The third-order valence-electron chi connectivity index (χ3n) is 2.72. The van der Waals surface area contributed by atoms with E-state index >= 15 is 0 Å². The van der Waals surface area contributed by atoms with Crippen molar-refractivity contribution in [2.45, 2.75) is 45.3 Å². The first-order valence-corrected chi connectivity index (χ1v) is 6.18. The van der Waals surface area contributed by atoms with Gasteiger partial charge in [-0.2, -0.15) is 0 Å². The van der Waals surface area contributed by atoms with E-state index in [0.29, 0.717) is 6.42 Å². The van der Waals surface area contributed by atoms with Crippen LogP contribution in [0.5, 0.6) is 0 Å². The summed E-state index contributed by atoms with van der Waals surface area (Å²) in [6, 6.07) is 5.93. The summed E-state index contributed by atoms with van der Waals surface area (Å²) in [4.78, 5) is 11.4. The minimum Gasteiger partial charge on any atom is -0.460 e. The molecule has 0 aromatic heterocycles. The summed E-state index contributed by atoms with van der Waals surface area (Å²) in [6.45, 7) is 3.53. The lowest BCUT2D eigenvalue weighted by molar-refractivity contribution is -0.154. The summed E-state index contributed by atoms with van der Waals surface area (Å²) in [5.74, 6) is -0.860. The van der Waals surface area contributed by atoms with Crippen molar-refractivity contribution in [2.24, 2.45) is 0 Å². The van der Waals surface area contributed by atoms with Gasteiger partial charge in [-0.1, -0.05) is 31.5 Å². The van der Waals surface area contributed by atoms with Crippen LogP contribution in [0.25, 0.3) is 0 Å². The van der Waals surface area contributed by atoms with Crippen LogP contribution in [0, 0.1) is 5.82 Å². The average Bonchev–Trinajstić information content (AvgIpc) is 2.36. The Morgan fingerprint density at radius 3 is 2.72 bits per heavy atom. The fourth-order valence-electron chi connectivity index (χ4n) is 1.62. The van der Waals surface area contributed by atoms with Gasteiger partial charge in [0, 0.05) is 12.0 Å². The number of esters is 1. The van der Waals surface area contributed by atoms with Gasteiger partial charge < -0.3 is 9.84 Å². The normalized spacial score (nSPS) is 14.0. The molecule has 0 amide bonds. The largest absolute Gasteiger partial charge is 0.460 e. The molecule has 0 saturated heterocycles. The van der Waals surface area contributed by atoms with Crippen molar-refractivity contribution in [3.8, 4) is 0 Å². The topological polar surface area (TPSA) is 46.5 Å². The summed E-state index contributed by atoms with van der Waals surface area (Å²) in [5.41, 5.74) is 0.147. The molecule has 3 nitrogen and oxygen atoms in total. The molecule has 2 atom stereocenters. The zero-order valence-electron chi connectivity index (χ0n) is 10.7. The SMILES string of the molecule is CCCCC(=O)O[C@@H](C)[C@@H](O)c1ccccc1F. The summed E-state index contributed by atoms with van der Waals surface area (Å²) >= 11 is 0. The van der Waals surface area contributed by atoms with Crippen molar-refractivity contribution in [2.75, 3.05) is 0 Å². The second-order valence-electron chi connectivity index (χ2n) is 4.26. The fourth-order valence-corrected chi connectivity index (χ4v) is 1.62. The van der Waals surface area contributed by atoms with Gasteiger partial charge in [0.25, 0.3) is 0 Å². The lowest BCUT2D eigenvalue weighted by Crippen LogP contribution is -2.23. The van der Waals surface area contributed by atoms with E-state index < -0.39 is 18.0 Å². The van der Waals surface area contributed by atoms with E-state index in [-0.39, 0.29) is 11.5 Å². The molecule has 0 heterocycles. The molecular weight excluding hydrogens is 235 g/mol. The molecule has 0 bridgehead atoms. The Morgan fingerprint density at radius 2 is 2.11 bits per heavy atom. The maximum absolute atomic E-state index is 13.4. The lowest BCUT2D eigenvalue weighted by atomic mass is 10.0. The smallest absolute Gasteiger partial charge is 0.306 e. The second-order valence-corrected chi connectivity index (χ2v) is 4.26. The van der Waals surface area contributed by atoms with Crippen molar-refractivity contribution in [3.63, 3.8) is 0 Å². The number of rotatable bonds is 6. The van der Waals surface area contributed by atoms with Crippen LogP contribution in [-0.2, 0) is 9.53 Å². The zero-order chi connectivity index (χ0) is 13.5. The zero-order valence-corrected chi connectivity index (χ0v) is 10.7. The molecule has 0 radical (unpaired) electrons. The van der Waals surface area contributed by atoms with Gasteiger partial charge in [-0.05, 0) is 19.4 Å². The summed E-state index contributed by atoms with van der Waals surface area (Å²) in [6.07, 6.45) is 0.0777. The number of carbonyl (C=O) groups is 1. The highest BCUT2D eigenvalue weighted by atomic mass is 19.1. The number of carbonyl (C=O) groups excluding carboxylic acids is 1. The molecule has 1 N–H and O–H groups in total. The molecule has 1 aromatic carbocycles. The molecule has 4 heteroatoms. The van der Waals surface area contributed by atoms with Gasteiger partial charge in [-0.15, -0.1) is 0 Å². The van der Waals surface area contributed by atoms with Crippen molar-refractivity contribution < 1.29 is 19.0 Å². The van der Waals surface area contributed by atoms with Gasteiger partial charge in [-0.25, -0.2) is 4.39 Å². The predicted octanol–water partition coefficient (Wildman–Crippen LogP) is 2.98. The molecule has 0 saturated carbocycles. The highest BCUT2D eigenvalue weighted by Gasteiger charge is 2.22. The maximum Gasteiger partial charge on any atom is 0.306 e. The van der Waals surface area contributed by atoms with E-state index in [4.69, 9.17) is 4.74 Å². The Morgan fingerprint density at radius 1 is 1.44 bits per heavy atom. The fraction of sp³-hybridized carbons (Fsp3) is 0.500. The number of aliphatic hydroxyl groups excluding tert-OH is 1. The quantitative estimate of drug-likeness (QED) is 0.794. The van der Waals surface area contributed by atoms with E-state index in [9.17, 15) is 14.3 Å². The van der Waals surface area contributed by atoms with Gasteiger partial charge in [0.15, 0.2) is 0 Å². The molecule has 0 fully saturated rings. The standard InChI is InChI=1S/C14H19FO3/c1-3-4-9-13(16)18-10(2)14(17)11-7-5-6-8-12(11)15/h5-8,10,14,17H,3-4,9H2,1-2H3/t10-,14+/m0/s1. The van der Waals surface area contributed by atoms with Crippen LogP contribution in [0.15, 0.2) is 24.3 Å². The molecule has 0 aliphatic carbocycles. The number of hydrogen-bond acceptors (Lipinski definition) is 3. The van der Waals surface area contributed by atoms with Gasteiger partial charge in [0.2, 0.25) is 0 Å². The summed E-state index contributed by atoms with van der Waals surface area (Å²) in [7, 11) is 0. The van der Waals surface area contributed by atoms with Crippen LogP contribution in [0.2, 0.25) is 0 Å². The third kappa shape index (κ3) is 4.11. The van der Waals surface area contributed by atoms with Crippen LogP contribution in [-0.4, -0.2) is 17.2 Å². The highest BCUT2D eigenvalue weighted by Crippen LogP contribution is 2.22. The van der Waals surface area contributed by atoms with Crippen LogP contribution >= 0.6 is 0 Å². The number of unbranched alkanes of at least 4 members (excludes halogenated alkanes) is 1. The lowest BCUT2D eigenvalue weighted by Gasteiger charge is -2.20. The number of benzene rings is 1. The molecule has 18 heavy (non-hydrogen) atoms. The molecule has 0 aliphatic rings. The Kier molecular flexibility index (Phi) is 5.78. The van der Waals surface area contributed by atoms with Gasteiger partial charge in [0.1, 0.15) is 18.0 Å². The van der Waals surface area contributed by atoms with Crippen LogP contribution in [0.4, 0.5) is 4.39 Å². The van der Waals surface area contributed by atoms with Crippen LogP contribution in [0.1, 0.15) is 44.8 Å². The maximum atomic E-state index is 13.4. The molecule has 0 aliphatic heterocycles. The first kappa shape index (κ1) is 14.6. The summed E-state index contributed by atoms with van der Waals surface area (Å²) < 4.78 is 18.5. The van der Waals surface area contributed by atoms with Gasteiger partial charge in [-0.3, -0.25) is 4.79 Å². The molecular formula is C14H19FO3. The minimum absolute atomic E-state index is 0.147. The average molecular weight is 254 g/mol. The Balaban J connectivity index is 2.59. The second kappa shape index (κ2) is 7.11. The van der Waals surface area contributed by atoms with E-state index in [1.165, 1.54) is 12.1 Å². The third-order valence-corrected chi connectivity index (χ3v) is 2.72. The molecule has 1 aromatic rings. The monoisotopic (exact) mass is 254 g/mol. The molecule has 0 unspecified atom stereocenters. The predicted molar refractivity (Wildman–Crippen MR) is 66.4 cm³/mol. The Bertz CT molecular complexity index is 392. The van der Waals surface area contributed by atoms with E-state index in [1.54, 1.807) is 19.1 Å².